The van der Waals surface area contributed by atoms with Gasteiger partial charge in [0.1, 0.15) is 8.24 Å². The van der Waals surface area contributed by atoms with E-state index in [9.17, 15) is 0 Å². The molecular weight excluding hydrogens is 198 g/mol. The van der Waals surface area contributed by atoms with E-state index in [1.54, 1.807) is 0 Å². The van der Waals surface area contributed by atoms with E-state index in [0.29, 0.717) is 0 Å². The smallest absolute Gasteiger partial charge is 0.122 e. The molecule has 0 radical (unpaired) electrons. The zero-order valence-corrected chi connectivity index (χ0v) is 12.6. The Balaban J connectivity index is 2.63. The molecule has 0 aromatic rings. The third kappa shape index (κ3) is 3.60. The van der Waals surface area contributed by atoms with Gasteiger partial charge in [-0.2, -0.15) is 0 Å². The van der Waals surface area contributed by atoms with Crippen molar-refractivity contribution < 1.29 is 0 Å². The monoisotopic (exact) mass is 227 g/mol. The van der Waals surface area contributed by atoms with Crippen LogP contribution in [0.5, 0.6) is 0 Å². The summed E-state index contributed by atoms with van der Waals surface area (Å²) in [7, 11) is -1.24. The van der Waals surface area contributed by atoms with Crippen LogP contribution in [0.15, 0.2) is 0 Å². The Hall–Kier alpha value is 0.177. The van der Waals surface area contributed by atoms with E-state index in [1.165, 1.54) is 12.8 Å². The molecule has 0 heterocycles. The highest BCUT2D eigenvalue weighted by atomic mass is 28.3. The van der Waals surface area contributed by atoms with Gasteiger partial charge in [0.15, 0.2) is 0 Å². The minimum Gasteiger partial charge on any atom is -0.332 e. The molecule has 0 amide bonds. The highest BCUT2D eigenvalue weighted by Crippen LogP contribution is 2.44. The van der Waals surface area contributed by atoms with Gasteiger partial charge in [-0.25, -0.2) is 0 Å². The predicted molar refractivity (Wildman–Crippen MR) is 71.7 cm³/mol. The van der Waals surface area contributed by atoms with Crippen molar-refractivity contribution in [1.29, 1.82) is 0 Å². The van der Waals surface area contributed by atoms with Crippen molar-refractivity contribution in [2.45, 2.75) is 71.6 Å². The maximum absolute atomic E-state index is 3.92. The van der Waals surface area contributed by atoms with Crippen LogP contribution in [0.3, 0.4) is 0 Å². The standard InChI is InChI=1S/C13H29NSi/c1-10-8-12(9-11(10)2)15(6,7)14-13(3,4)5/h10-12,14H,8-9H2,1-7H3. The van der Waals surface area contributed by atoms with Gasteiger partial charge in [-0.05, 0) is 51.0 Å². The summed E-state index contributed by atoms with van der Waals surface area (Å²) in [5.41, 5.74) is 1.26. The highest BCUT2D eigenvalue weighted by molar-refractivity contribution is 6.76. The Bertz CT molecular complexity index is 207. The molecule has 1 aliphatic rings. The fourth-order valence-electron chi connectivity index (χ4n) is 3.12. The lowest BCUT2D eigenvalue weighted by molar-refractivity contribution is 0.457. The van der Waals surface area contributed by atoms with E-state index in [1.807, 2.05) is 0 Å². The molecule has 0 aliphatic heterocycles. The van der Waals surface area contributed by atoms with Gasteiger partial charge in [0.25, 0.3) is 0 Å². The van der Waals surface area contributed by atoms with Gasteiger partial charge < -0.3 is 4.98 Å². The Morgan fingerprint density at radius 1 is 1.00 bits per heavy atom. The molecule has 2 atom stereocenters. The molecule has 0 spiro atoms. The van der Waals surface area contributed by atoms with Crippen LogP contribution in [0, 0.1) is 11.8 Å². The molecule has 0 aromatic heterocycles. The Kier molecular flexibility index (Phi) is 3.72. The lowest BCUT2D eigenvalue weighted by Crippen LogP contribution is -2.56. The molecule has 1 saturated carbocycles. The number of nitrogens with one attached hydrogen (secondary N) is 1. The molecule has 2 heteroatoms. The summed E-state index contributed by atoms with van der Waals surface area (Å²) < 4.78 is 0. The molecule has 15 heavy (non-hydrogen) atoms. The van der Waals surface area contributed by atoms with E-state index in [-0.39, 0.29) is 5.54 Å². The van der Waals surface area contributed by atoms with Crippen molar-refractivity contribution in [1.82, 2.24) is 4.98 Å². The average molecular weight is 227 g/mol. The van der Waals surface area contributed by atoms with Gasteiger partial charge in [0.05, 0.1) is 0 Å². The summed E-state index contributed by atoms with van der Waals surface area (Å²) >= 11 is 0. The van der Waals surface area contributed by atoms with Gasteiger partial charge in [0, 0.05) is 5.54 Å². The zero-order valence-electron chi connectivity index (χ0n) is 11.6. The van der Waals surface area contributed by atoms with Gasteiger partial charge in [-0.15, -0.1) is 0 Å². The maximum Gasteiger partial charge on any atom is 0.122 e. The van der Waals surface area contributed by atoms with Crippen LogP contribution >= 0.6 is 0 Å². The summed E-state index contributed by atoms with van der Waals surface area (Å²) in [5, 5.41) is 0. The van der Waals surface area contributed by atoms with Crippen molar-refractivity contribution in [3.63, 3.8) is 0 Å². The molecule has 0 saturated heterocycles. The normalized spacial score (nSPS) is 33.4. The first-order valence-corrected chi connectivity index (χ1v) is 9.49. The Morgan fingerprint density at radius 3 is 1.73 bits per heavy atom. The first-order chi connectivity index (χ1) is 6.62. The van der Waals surface area contributed by atoms with E-state index in [4.69, 9.17) is 0 Å². The topological polar surface area (TPSA) is 12.0 Å². The van der Waals surface area contributed by atoms with Crippen LogP contribution < -0.4 is 4.98 Å². The van der Waals surface area contributed by atoms with E-state index in [2.05, 4.69) is 52.7 Å². The highest BCUT2D eigenvalue weighted by Gasteiger charge is 2.41. The van der Waals surface area contributed by atoms with Crippen molar-refractivity contribution in [2.75, 3.05) is 0 Å². The third-order valence-electron chi connectivity index (χ3n) is 4.00. The molecule has 1 rings (SSSR count). The quantitative estimate of drug-likeness (QED) is 0.703. The van der Waals surface area contributed by atoms with Crippen LogP contribution in [0.4, 0.5) is 0 Å². The third-order valence-corrected chi connectivity index (χ3v) is 7.91. The minimum atomic E-state index is -1.24. The fraction of sp³-hybridized carbons (Fsp3) is 1.00. The van der Waals surface area contributed by atoms with E-state index >= 15 is 0 Å². The van der Waals surface area contributed by atoms with Gasteiger partial charge in [-0.3, -0.25) is 0 Å². The molecule has 0 bridgehead atoms. The minimum absolute atomic E-state index is 0.283. The lowest BCUT2D eigenvalue weighted by atomic mass is 10.0. The summed E-state index contributed by atoms with van der Waals surface area (Å²) in [5.74, 6) is 1.87. The molecule has 2 unspecified atom stereocenters. The largest absolute Gasteiger partial charge is 0.332 e. The van der Waals surface area contributed by atoms with E-state index < -0.39 is 8.24 Å². The summed E-state index contributed by atoms with van der Waals surface area (Å²) in [6.07, 6.45) is 2.90. The molecule has 0 aromatic carbocycles. The summed E-state index contributed by atoms with van der Waals surface area (Å²) in [4.78, 5) is 3.92. The zero-order chi connectivity index (χ0) is 11.9. The first-order valence-electron chi connectivity index (χ1n) is 6.41. The summed E-state index contributed by atoms with van der Waals surface area (Å²) in [6.45, 7) is 16.7. The van der Waals surface area contributed by atoms with Gasteiger partial charge in [-0.1, -0.05) is 26.9 Å². The molecule has 1 N–H and O–H groups in total. The molecular formula is C13H29NSi. The van der Waals surface area contributed by atoms with Crippen molar-refractivity contribution in [3.8, 4) is 0 Å². The second-order valence-corrected chi connectivity index (χ2v) is 11.7. The van der Waals surface area contributed by atoms with Gasteiger partial charge in [0.2, 0.25) is 0 Å². The van der Waals surface area contributed by atoms with Crippen LogP contribution in [0.25, 0.3) is 0 Å². The second-order valence-electron chi connectivity index (χ2n) is 7.22. The van der Waals surface area contributed by atoms with Crippen molar-refractivity contribution >= 4 is 8.24 Å². The lowest BCUT2D eigenvalue weighted by Gasteiger charge is -2.37. The van der Waals surface area contributed by atoms with E-state index in [0.717, 1.165) is 17.4 Å². The first kappa shape index (κ1) is 13.2. The predicted octanol–water partition coefficient (Wildman–Crippen LogP) is 4.02. The molecule has 1 aliphatic carbocycles. The SMILES string of the molecule is CC1CC([Si](C)(C)NC(C)(C)C)CC1C. The molecule has 1 fully saturated rings. The number of hydrogen-bond acceptors (Lipinski definition) is 1. The number of rotatable bonds is 2. The fourth-order valence-corrected chi connectivity index (χ4v) is 7.18. The molecule has 1 nitrogen and oxygen atoms in total. The maximum atomic E-state index is 3.92. The Labute approximate surface area is 97.1 Å². The van der Waals surface area contributed by atoms with Crippen molar-refractivity contribution in [2.24, 2.45) is 11.8 Å². The number of hydrogen-bond donors (Lipinski definition) is 1. The summed E-state index contributed by atoms with van der Waals surface area (Å²) in [6, 6.07) is 0. The van der Waals surface area contributed by atoms with Crippen molar-refractivity contribution in [3.05, 3.63) is 0 Å². The molecule has 90 valence electrons. The van der Waals surface area contributed by atoms with Crippen LogP contribution in [-0.2, 0) is 0 Å². The average Bonchev–Trinajstić information content (AvgIpc) is 2.27. The van der Waals surface area contributed by atoms with Crippen LogP contribution in [0.2, 0.25) is 18.6 Å². The van der Waals surface area contributed by atoms with Gasteiger partial charge >= 0.3 is 0 Å². The Morgan fingerprint density at radius 2 is 1.40 bits per heavy atom. The van der Waals surface area contributed by atoms with Crippen LogP contribution in [-0.4, -0.2) is 13.8 Å². The second kappa shape index (κ2) is 4.21. The van der Waals surface area contributed by atoms with Crippen LogP contribution in [0.1, 0.15) is 47.5 Å².